The monoisotopic (exact) mass is 307 g/mol. The fourth-order valence-electron chi connectivity index (χ4n) is 2.75. The number of nitrogens with one attached hydrogen (secondary N) is 1. The van der Waals surface area contributed by atoms with Crippen molar-refractivity contribution in [1.82, 2.24) is 0 Å². The molecule has 0 bridgehead atoms. The summed E-state index contributed by atoms with van der Waals surface area (Å²) in [7, 11) is 0. The van der Waals surface area contributed by atoms with Crippen molar-refractivity contribution in [1.29, 1.82) is 0 Å². The van der Waals surface area contributed by atoms with E-state index in [1.807, 2.05) is 6.07 Å². The Hall–Kier alpha value is -1.48. The van der Waals surface area contributed by atoms with Crippen molar-refractivity contribution in [2.75, 3.05) is 11.9 Å². The Labute approximate surface area is 131 Å². The molecule has 1 aliphatic rings. The molecule has 3 nitrogen and oxygen atoms in total. The lowest BCUT2D eigenvalue weighted by molar-refractivity contribution is -0.114. The normalized spacial score (nSPS) is 12.9. The molecule has 1 N–H and O–H groups in total. The Kier molecular flexibility index (Phi) is 5.29. The van der Waals surface area contributed by atoms with Gasteiger partial charge in [0.15, 0.2) is 0 Å². The van der Waals surface area contributed by atoms with Crippen LogP contribution in [0.3, 0.4) is 0 Å². The number of hydrogen-bond donors (Lipinski definition) is 1. The second-order valence-electron chi connectivity index (χ2n) is 5.40. The molecule has 0 spiro atoms. The van der Waals surface area contributed by atoms with E-state index in [0.29, 0.717) is 18.1 Å². The lowest BCUT2D eigenvalue weighted by Gasteiger charge is -2.18. The van der Waals surface area contributed by atoms with Crippen molar-refractivity contribution in [2.24, 2.45) is 0 Å². The Morgan fingerprint density at radius 2 is 2.14 bits per heavy atom. The number of carbonyl (C=O) groups is 1. The van der Waals surface area contributed by atoms with Crippen molar-refractivity contribution >= 4 is 29.0 Å². The van der Waals surface area contributed by atoms with E-state index in [0.717, 1.165) is 42.7 Å². The number of benzene rings is 1. The zero-order chi connectivity index (χ0) is 15.4. The smallest absolute Gasteiger partial charge is 0.221 e. The van der Waals surface area contributed by atoms with Crippen LogP contribution in [0.5, 0.6) is 0 Å². The molecule has 0 fully saturated rings. The lowest BCUT2D eigenvalue weighted by atomic mass is 9.99. The highest BCUT2D eigenvalue weighted by Gasteiger charge is 2.23. The molecule has 2 rings (SSSR count). The summed E-state index contributed by atoms with van der Waals surface area (Å²) in [6, 6.07) is 1.82. The van der Waals surface area contributed by atoms with Gasteiger partial charge in [0.05, 0.1) is 12.3 Å². The molecular formula is C17H22ClNO2. The number of carbonyl (C=O) groups excluding carboxylic acids is 1. The van der Waals surface area contributed by atoms with Gasteiger partial charge in [-0.3, -0.25) is 4.79 Å². The summed E-state index contributed by atoms with van der Waals surface area (Å²) in [6.07, 6.45) is 5.07. The van der Waals surface area contributed by atoms with E-state index in [1.165, 1.54) is 18.1 Å². The number of anilines is 1. The van der Waals surface area contributed by atoms with Crippen LogP contribution in [-0.4, -0.2) is 12.5 Å². The van der Waals surface area contributed by atoms with Crippen molar-refractivity contribution in [3.05, 3.63) is 34.4 Å². The average molecular weight is 308 g/mol. The topological polar surface area (TPSA) is 38.3 Å². The molecule has 0 aliphatic heterocycles. The van der Waals surface area contributed by atoms with Gasteiger partial charge in [-0.15, -0.1) is 0 Å². The predicted molar refractivity (Wildman–Crippen MR) is 87.7 cm³/mol. The van der Waals surface area contributed by atoms with Crippen LogP contribution in [0.4, 0.5) is 5.69 Å². The summed E-state index contributed by atoms with van der Waals surface area (Å²) in [5.74, 6) is 0.508. The first-order valence-electron chi connectivity index (χ1n) is 7.48. The molecule has 0 heterocycles. The minimum atomic E-state index is -0.119. The second-order valence-corrected chi connectivity index (χ2v) is 5.81. The van der Waals surface area contributed by atoms with Gasteiger partial charge in [-0.05, 0) is 42.9 Å². The number of unbranched alkanes of at least 4 members (excludes halogenated alkanes) is 1. The molecule has 4 heteroatoms. The van der Waals surface area contributed by atoms with Crippen LogP contribution in [0.2, 0.25) is 5.02 Å². The summed E-state index contributed by atoms with van der Waals surface area (Å²) in [5, 5.41) is 3.57. The summed E-state index contributed by atoms with van der Waals surface area (Å²) in [6.45, 7) is 8.31. The van der Waals surface area contributed by atoms with Crippen LogP contribution in [0.1, 0.15) is 49.8 Å². The molecule has 114 valence electrons. The highest BCUT2D eigenvalue weighted by atomic mass is 35.5. The minimum absolute atomic E-state index is 0.119. The van der Waals surface area contributed by atoms with E-state index < -0.39 is 0 Å². The highest BCUT2D eigenvalue weighted by Crippen LogP contribution is 2.39. The highest BCUT2D eigenvalue weighted by molar-refractivity contribution is 6.32. The third kappa shape index (κ3) is 3.59. The number of amides is 1. The summed E-state index contributed by atoms with van der Waals surface area (Å²) in [5.41, 5.74) is 3.96. The summed E-state index contributed by atoms with van der Waals surface area (Å²) < 4.78 is 5.77. The van der Waals surface area contributed by atoms with Crippen molar-refractivity contribution in [2.45, 2.75) is 46.0 Å². The first-order chi connectivity index (χ1) is 10.0. The Balaban J connectivity index is 2.38. The molecule has 21 heavy (non-hydrogen) atoms. The number of fused-ring (bicyclic) bond motifs is 1. The van der Waals surface area contributed by atoms with Crippen molar-refractivity contribution in [3.63, 3.8) is 0 Å². The first-order valence-corrected chi connectivity index (χ1v) is 7.86. The molecular weight excluding hydrogens is 286 g/mol. The molecule has 1 aromatic carbocycles. The molecule has 1 aromatic rings. The number of hydrogen-bond acceptors (Lipinski definition) is 2. The van der Waals surface area contributed by atoms with Gasteiger partial charge in [0.1, 0.15) is 5.76 Å². The molecule has 0 radical (unpaired) electrons. The SMILES string of the molecule is C=C(OCCCC)c1c(NC(C)=O)cc(Cl)c2c1CCC2. The fourth-order valence-corrected chi connectivity index (χ4v) is 3.07. The second kappa shape index (κ2) is 6.99. The number of ether oxygens (including phenoxy) is 1. The Morgan fingerprint density at radius 1 is 1.43 bits per heavy atom. The van der Waals surface area contributed by atoms with Crippen LogP contribution in [0.25, 0.3) is 5.76 Å². The Bertz CT molecular complexity index is 566. The summed E-state index contributed by atoms with van der Waals surface area (Å²) in [4.78, 5) is 11.4. The van der Waals surface area contributed by atoms with Gasteiger partial charge in [0.2, 0.25) is 5.91 Å². The summed E-state index contributed by atoms with van der Waals surface area (Å²) >= 11 is 6.34. The van der Waals surface area contributed by atoms with E-state index in [1.54, 1.807) is 0 Å². The van der Waals surface area contributed by atoms with E-state index in [9.17, 15) is 4.79 Å². The lowest BCUT2D eigenvalue weighted by Crippen LogP contribution is -2.11. The van der Waals surface area contributed by atoms with Gasteiger partial charge >= 0.3 is 0 Å². The van der Waals surface area contributed by atoms with Gasteiger partial charge in [-0.2, -0.15) is 0 Å². The van der Waals surface area contributed by atoms with Crippen molar-refractivity contribution < 1.29 is 9.53 Å². The maximum atomic E-state index is 11.4. The Morgan fingerprint density at radius 3 is 2.81 bits per heavy atom. The van der Waals surface area contributed by atoms with E-state index in [2.05, 4.69) is 18.8 Å². The maximum absolute atomic E-state index is 11.4. The zero-order valence-electron chi connectivity index (χ0n) is 12.7. The number of rotatable bonds is 6. The van der Waals surface area contributed by atoms with Gasteiger partial charge in [0, 0.05) is 17.5 Å². The minimum Gasteiger partial charge on any atom is -0.494 e. The number of halogens is 1. The molecule has 1 amide bonds. The third-order valence-corrected chi connectivity index (χ3v) is 4.05. The first kappa shape index (κ1) is 15.9. The standard InChI is InChI=1S/C17H22ClNO2/c1-4-5-9-21-11(2)17-14-8-6-7-13(14)15(18)10-16(17)19-12(3)20/h10H,2,4-9H2,1,3H3,(H,19,20). The van der Waals surface area contributed by atoms with Gasteiger partial charge in [-0.25, -0.2) is 0 Å². The van der Waals surface area contributed by atoms with E-state index in [4.69, 9.17) is 16.3 Å². The molecule has 0 aromatic heterocycles. The third-order valence-electron chi connectivity index (χ3n) is 3.71. The zero-order valence-corrected chi connectivity index (χ0v) is 13.5. The van der Waals surface area contributed by atoms with Crippen LogP contribution < -0.4 is 5.32 Å². The quantitative estimate of drug-likeness (QED) is 0.617. The molecule has 0 saturated carbocycles. The van der Waals surface area contributed by atoms with Gasteiger partial charge in [0.25, 0.3) is 0 Å². The molecule has 0 atom stereocenters. The van der Waals surface area contributed by atoms with Crippen LogP contribution in [0, 0.1) is 0 Å². The largest absolute Gasteiger partial charge is 0.494 e. The molecule has 1 aliphatic carbocycles. The fraction of sp³-hybridized carbons (Fsp3) is 0.471. The predicted octanol–water partition coefficient (Wildman–Crippen LogP) is 4.57. The van der Waals surface area contributed by atoms with Crippen molar-refractivity contribution in [3.8, 4) is 0 Å². The van der Waals surface area contributed by atoms with E-state index in [-0.39, 0.29) is 5.91 Å². The van der Waals surface area contributed by atoms with Crippen LogP contribution in [-0.2, 0) is 22.4 Å². The molecule has 0 unspecified atom stereocenters. The van der Waals surface area contributed by atoms with Gasteiger partial charge < -0.3 is 10.1 Å². The maximum Gasteiger partial charge on any atom is 0.221 e. The van der Waals surface area contributed by atoms with E-state index >= 15 is 0 Å². The average Bonchev–Trinajstić information content (AvgIpc) is 2.88. The van der Waals surface area contributed by atoms with Crippen LogP contribution >= 0.6 is 11.6 Å². The molecule has 0 saturated heterocycles. The van der Waals surface area contributed by atoms with Gasteiger partial charge in [-0.1, -0.05) is 31.5 Å². The van der Waals surface area contributed by atoms with Crippen LogP contribution in [0.15, 0.2) is 12.6 Å².